The summed E-state index contributed by atoms with van der Waals surface area (Å²) in [6, 6.07) is 0. The minimum absolute atomic E-state index is 0.0946. The maximum Gasteiger partial charge on any atom is 0.306 e. The predicted octanol–water partition coefficient (Wildman–Crippen LogP) is 21.6. The topological polar surface area (TPSA) is 78.9 Å². The van der Waals surface area contributed by atoms with Crippen molar-refractivity contribution in [3.8, 4) is 0 Å². The lowest BCUT2D eigenvalue weighted by atomic mass is 10.0. The van der Waals surface area contributed by atoms with Crippen molar-refractivity contribution >= 4 is 17.9 Å². The van der Waals surface area contributed by atoms with E-state index >= 15 is 0 Å². The van der Waals surface area contributed by atoms with Crippen LogP contribution in [0.3, 0.4) is 0 Å². The molecule has 0 saturated heterocycles. The van der Waals surface area contributed by atoms with Crippen molar-refractivity contribution in [2.24, 2.45) is 0 Å². The third-order valence-corrected chi connectivity index (χ3v) is 13.2. The average molecular weight is 1050 g/mol. The zero-order valence-corrected chi connectivity index (χ0v) is 49.5. The molecule has 1 unspecified atom stereocenters. The second-order valence-electron chi connectivity index (χ2n) is 20.6. The van der Waals surface area contributed by atoms with E-state index in [4.69, 9.17) is 14.2 Å². The molecule has 0 N–H and O–H groups in total. The second-order valence-corrected chi connectivity index (χ2v) is 20.6. The van der Waals surface area contributed by atoms with Crippen LogP contribution in [0.4, 0.5) is 0 Å². The van der Waals surface area contributed by atoms with Gasteiger partial charge in [0.2, 0.25) is 0 Å². The number of ether oxygens (including phenoxy) is 3. The molecular formula is C70H116O6. The van der Waals surface area contributed by atoms with E-state index in [0.717, 1.165) is 135 Å². The van der Waals surface area contributed by atoms with Crippen LogP contribution in [-0.4, -0.2) is 37.2 Å². The second kappa shape index (κ2) is 63.3. The first kappa shape index (κ1) is 71.8. The Morgan fingerprint density at radius 1 is 0.276 bits per heavy atom. The fourth-order valence-electron chi connectivity index (χ4n) is 8.49. The van der Waals surface area contributed by atoms with Gasteiger partial charge in [0.25, 0.3) is 0 Å². The zero-order chi connectivity index (χ0) is 55.0. The molecular weight excluding hydrogens is 937 g/mol. The standard InChI is InChI=1S/C70H116O6/c1-4-7-10-13-16-19-22-25-28-30-32-33-34-35-36-37-39-40-42-45-48-51-54-57-60-63-69(72)75-66-67(65-74-68(71)62-59-56-53-50-47-44-27-24-21-18-15-12-9-6-3)76-70(73)64-61-58-55-52-49-46-43-41-38-31-29-26-23-20-17-14-11-8-5-2/h7,10,16-17,19-20,25-26,28-29,32-33,35-36,38-41,45,48,67H,4-6,8-9,11-15,18,21-24,27,30-31,34,37,42-44,46-47,49-66H2,1-3H3/b10-7-,19-16-,20-17-,28-25-,29-26-,33-32-,36-35-,40-39-,41-38-,48-45-. The number of rotatable bonds is 56. The molecule has 0 bridgehead atoms. The van der Waals surface area contributed by atoms with Gasteiger partial charge in [0, 0.05) is 19.3 Å². The first-order valence-electron chi connectivity index (χ1n) is 31.5. The van der Waals surface area contributed by atoms with E-state index in [2.05, 4.69) is 142 Å². The smallest absolute Gasteiger partial charge is 0.306 e. The van der Waals surface area contributed by atoms with Crippen molar-refractivity contribution < 1.29 is 28.6 Å². The fourth-order valence-corrected chi connectivity index (χ4v) is 8.49. The number of esters is 3. The van der Waals surface area contributed by atoms with Gasteiger partial charge in [-0.25, -0.2) is 0 Å². The van der Waals surface area contributed by atoms with Gasteiger partial charge in [-0.1, -0.05) is 271 Å². The highest BCUT2D eigenvalue weighted by Gasteiger charge is 2.19. The Morgan fingerprint density at radius 2 is 0.513 bits per heavy atom. The monoisotopic (exact) mass is 1050 g/mol. The van der Waals surface area contributed by atoms with Crippen LogP contribution in [-0.2, 0) is 28.6 Å². The highest BCUT2D eigenvalue weighted by atomic mass is 16.6. The van der Waals surface area contributed by atoms with E-state index < -0.39 is 6.10 Å². The Balaban J connectivity index is 4.46. The van der Waals surface area contributed by atoms with Crippen molar-refractivity contribution in [3.05, 3.63) is 122 Å². The molecule has 0 spiro atoms. The molecule has 76 heavy (non-hydrogen) atoms. The molecule has 0 heterocycles. The highest BCUT2D eigenvalue weighted by molar-refractivity contribution is 5.71. The maximum atomic E-state index is 12.9. The lowest BCUT2D eigenvalue weighted by Gasteiger charge is -2.18. The van der Waals surface area contributed by atoms with Crippen LogP contribution < -0.4 is 0 Å². The van der Waals surface area contributed by atoms with E-state index in [9.17, 15) is 14.4 Å². The van der Waals surface area contributed by atoms with Crippen molar-refractivity contribution in [2.75, 3.05) is 13.2 Å². The minimum Gasteiger partial charge on any atom is -0.462 e. The molecule has 0 aromatic heterocycles. The van der Waals surface area contributed by atoms with Gasteiger partial charge >= 0.3 is 17.9 Å². The Labute approximate surface area is 469 Å². The van der Waals surface area contributed by atoms with Gasteiger partial charge < -0.3 is 14.2 Å². The number of carbonyl (C=O) groups is 3. The molecule has 0 radical (unpaired) electrons. The Morgan fingerprint density at radius 3 is 0.842 bits per heavy atom. The minimum atomic E-state index is -0.802. The van der Waals surface area contributed by atoms with E-state index in [0.29, 0.717) is 19.3 Å². The molecule has 0 amide bonds. The van der Waals surface area contributed by atoms with Crippen LogP contribution >= 0.6 is 0 Å². The Kier molecular flexibility index (Phi) is 59.9. The van der Waals surface area contributed by atoms with Gasteiger partial charge in [-0.05, 0) is 116 Å². The van der Waals surface area contributed by atoms with Gasteiger partial charge in [0.1, 0.15) is 13.2 Å². The summed E-state index contributed by atoms with van der Waals surface area (Å²) in [4.78, 5) is 38.3. The van der Waals surface area contributed by atoms with Crippen LogP contribution in [0.1, 0.15) is 284 Å². The Hall–Kier alpha value is -4.19. The van der Waals surface area contributed by atoms with Crippen LogP contribution in [0.25, 0.3) is 0 Å². The molecule has 432 valence electrons. The highest BCUT2D eigenvalue weighted by Crippen LogP contribution is 2.15. The van der Waals surface area contributed by atoms with Crippen molar-refractivity contribution in [1.29, 1.82) is 0 Å². The Bertz CT molecular complexity index is 1590. The number of hydrogen-bond acceptors (Lipinski definition) is 6. The number of hydrogen-bond donors (Lipinski definition) is 0. The molecule has 6 nitrogen and oxygen atoms in total. The molecule has 0 aliphatic carbocycles. The van der Waals surface area contributed by atoms with Crippen molar-refractivity contribution in [3.63, 3.8) is 0 Å². The summed E-state index contributed by atoms with van der Waals surface area (Å²) in [6.07, 6.45) is 87.6. The summed E-state index contributed by atoms with van der Waals surface area (Å²) in [7, 11) is 0. The molecule has 1 atom stereocenters. The van der Waals surface area contributed by atoms with Gasteiger partial charge in [-0.2, -0.15) is 0 Å². The van der Waals surface area contributed by atoms with E-state index in [1.165, 1.54) is 109 Å². The van der Waals surface area contributed by atoms with Crippen LogP contribution in [0, 0.1) is 0 Å². The maximum absolute atomic E-state index is 12.9. The third-order valence-electron chi connectivity index (χ3n) is 13.2. The summed E-state index contributed by atoms with van der Waals surface area (Å²) in [5.74, 6) is -0.937. The quantitative estimate of drug-likeness (QED) is 0.0261. The molecule has 0 fully saturated rings. The molecule has 0 aromatic carbocycles. The van der Waals surface area contributed by atoms with Gasteiger partial charge in [0.15, 0.2) is 6.10 Å². The summed E-state index contributed by atoms with van der Waals surface area (Å²) < 4.78 is 16.9. The predicted molar refractivity (Wildman–Crippen MR) is 330 cm³/mol. The molecule has 0 rings (SSSR count). The lowest BCUT2D eigenvalue weighted by Crippen LogP contribution is -2.30. The van der Waals surface area contributed by atoms with Crippen molar-refractivity contribution in [1.82, 2.24) is 0 Å². The van der Waals surface area contributed by atoms with E-state index in [-0.39, 0.29) is 31.1 Å². The first-order valence-corrected chi connectivity index (χ1v) is 31.5. The summed E-state index contributed by atoms with van der Waals surface area (Å²) in [6.45, 7) is 6.47. The van der Waals surface area contributed by atoms with Gasteiger partial charge in [-0.15, -0.1) is 0 Å². The fraction of sp³-hybridized carbons (Fsp3) is 0.671. The van der Waals surface area contributed by atoms with Crippen LogP contribution in [0.15, 0.2) is 122 Å². The van der Waals surface area contributed by atoms with Crippen molar-refractivity contribution in [2.45, 2.75) is 290 Å². The number of allylic oxidation sites excluding steroid dienone is 20. The summed E-state index contributed by atoms with van der Waals surface area (Å²) in [5.41, 5.74) is 0. The van der Waals surface area contributed by atoms with Gasteiger partial charge in [0.05, 0.1) is 0 Å². The molecule has 0 aliphatic rings. The molecule has 0 aliphatic heterocycles. The number of carbonyl (C=O) groups excluding carboxylic acids is 3. The number of unbranched alkanes of at least 4 members (excludes halogenated alkanes) is 25. The lowest BCUT2D eigenvalue weighted by molar-refractivity contribution is -0.167. The van der Waals surface area contributed by atoms with Gasteiger partial charge in [-0.3, -0.25) is 14.4 Å². The van der Waals surface area contributed by atoms with E-state index in [1.807, 2.05) is 0 Å². The van der Waals surface area contributed by atoms with Crippen LogP contribution in [0.5, 0.6) is 0 Å². The molecule has 0 aromatic rings. The van der Waals surface area contributed by atoms with Crippen LogP contribution in [0.2, 0.25) is 0 Å². The SMILES string of the molecule is CC/C=C\C/C=C\C/C=C\C/C=C\C/C=C\C/C=C\C/C=C\CCCCCC(=O)OCC(COC(=O)CCCCCCCCCCCCCCCC)OC(=O)CCCCCCCC/C=C\C/C=C\C/C=C\CCCCC. The van der Waals surface area contributed by atoms with E-state index in [1.54, 1.807) is 0 Å². The summed E-state index contributed by atoms with van der Waals surface area (Å²) >= 11 is 0. The molecule has 6 heteroatoms. The largest absolute Gasteiger partial charge is 0.462 e. The third kappa shape index (κ3) is 60.7. The first-order chi connectivity index (χ1) is 37.5. The normalized spacial score (nSPS) is 12.9. The zero-order valence-electron chi connectivity index (χ0n) is 49.5. The summed E-state index contributed by atoms with van der Waals surface area (Å²) in [5, 5.41) is 0. The molecule has 0 saturated carbocycles. The average Bonchev–Trinajstić information content (AvgIpc) is 3.42.